The van der Waals surface area contributed by atoms with Gasteiger partial charge in [-0.1, -0.05) is 25.0 Å². The van der Waals surface area contributed by atoms with E-state index in [0.717, 1.165) is 83.7 Å². The van der Waals surface area contributed by atoms with Gasteiger partial charge in [-0.15, -0.1) is 0 Å². The highest BCUT2D eigenvalue weighted by atomic mass is 16.5. The van der Waals surface area contributed by atoms with Gasteiger partial charge in [0.15, 0.2) is 0 Å². The molecular formula is C31H39N5O2. The number of nitrogens with zero attached hydrogens (tertiary/aromatic N) is 3. The minimum absolute atomic E-state index is 0.433. The van der Waals surface area contributed by atoms with E-state index in [-0.39, 0.29) is 0 Å². The van der Waals surface area contributed by atoms with E-state index in [1.807, 2.05) is 13.8 Å². The minimum atomic E-state index is -0.783. The molecule has 0 saturated carbocycles. The van der Waals surface area contributed by atoms with Crippen LogP contribution in [-0.4, -0.2) is 58.7 Å². The number of ether oxygens (including phenoxy) is 1. The Labute approximate surface area is 224 Å². The highest BCUT2D eigenvalue weighted by Crippen LogP contribution is 2.36. The zero-order chi connectivity index (χ0) is 26.1. The van der Waals surface area contributed by atoms with Gasteiger partial charge in [0.25, 0.3) is 0 Å². The molecule has 4 heterocycles. The molecule has 2 aliphatic heterocycles. The number of fused-ring (bicyclic) bond motifs is 2. The Hall–Kier alpha value is -3.16. The zero-order valence-electron chi connectivity index (χ0n) is 22.6. The number of H-pyrrole nitrogens is 1. The molecule has 0 radical (unpaired) electrons. The zero-order valence-corrected chi connectivity index (χ0v) is 22.6. The van der Waals surface area contributed by atoms with Crippen LogP contribution in [0.5, 0.6) is 0 Å². The van der Waals surface area contributed by atoms with Crippen LogP contribution >= 0.6 is 0 Å². The highest BCUT2D eigenvalue weighted by molar-refractivity contribution is 6.00. The van der Waals surface area contributed by atoms with Crippen molar-refractivity contribution in [3.05, 3.63) is 48.0 Å². The van der Waals surface area contributed by atoms with Gasteiger partial charge in [-0.05, 0) is 80.8 Å². The normalized spacial score (nSPS) is 19.1. The molecule has 1 atom stereocenters. The van der Waals surface area contributed by atoms with E-state index in [1.54, 1.807) is 0 Å². The molecule has 2 saturated heterocycles. The lowest BCUT2D eigenvalue weighted by atomic mass is 9.92. The number of rotatable bonds is 6. The molecule has 1 unspecified atom stereocenters. The summed E-state index contributed by atoms with van der Waals surface area (Å²) in [5, 5.41) is 25.0. The first-order chi connectivity index (χ1) is 18.4. The summed E-state index contributed by atoms with van der Waals surface area (Å²) in [5.74, 6) is 1.46. The van der Waals surface area contributed by atoms with E-state index in [2.05, 4.69) is 57.8 Å². The summed E-state index contributed by atoms with van der Waals surface area (Å²) in [7, 11) is 0. The number of benzene rings is 2. The first-order valence-electron chi connectivity index (χ1n) is 14.2. The smallest absolute Gasteiger partial charge is 0.137 e. The van der Waals surface area contributed by atoms with Crippen molar-refractivity contribution in [1.29, 1.82) is 0 Å². The lowest BCUT2D eigenvalue weighted by molar-refractivity contribution is 0.0805. The number of aromatic nitrogens is 3. The average Bonchev–Trinajstić information content (AvgIpc) is 3.16. The minimum Gasteiger partial charge on any atom is -0.389 e. The molecule has 7 heteroatoms. The van der Waals surface area contributed by atoms with E-state index >= 15 is 0 Å². The second kappa shape index (κ2) is 10.5. The summed E-state index contributed by atoms with van der Waals surface area (Å²) in [6.45, 7) is 7.80. The van der Waals surface area contributed by atoms with E-state index in [0.29, 0.717) is 12.5 Å². The third kappa shape index (κ3) is 5.36. The molecular weight excluding hydrogens is 474 g/mol. The van der Waals surface area contributed by atoms with Crippen LogP contribution in [0.2, 0.25) is 0 Å². The predicted molar refractivity (Wildman–Crippen MR) is 155 cm³/mol. The van der Waals surface area contributed by atoms with Crippen LogP contribution < -0.4 is 10.2 Å². The molecule has 3 N–H and O–H groups in total. The molecule has 0 amide bonds. The lowest BCUT2D eigenvalue weighted by Crippen LogP contribution is -2.29. The van der Waals surface area contributed by atoms with E-state index in [1.165, 1.54) is 31.2 Å². The Morgan fingerprint density at radius 3 is 2.63 bits per heavy atom. The molecule has 4 aromatic rings. The van der Waals surface area contributed by atoms with Gasteiger partial charge in [0.1, 0.15) is 11.5 Å². The molecule has 2 aromatic carbocycles. The second-order valence-electron chi connectivity index (χ2n) is 11.6. The number of aromatic amines is 1. The number of pyridine rings is 1. The summed E-state index contributed by atoms with van der Waals surface area (Å²) in [6, 6.07) is 15.2. The largest absolute Gasteiger partial charge is 0.389 e. The molecule has 2 aliphatic rings. The number of hydrogen-bond donors (Lipinski definition) is 3. The summed E-state index contributed by atoms with van der Waals surface area (Å²) >= 11 is 0. The number of anilines is 2. The quantitative estimate of drug-likeness (QED) is 0.283. The van der Waals surface area contributed by atoms with Crippen molar-refractivity contribution in [1.82, 2.24) is 15.2 Å². The van der Waals surface area contributed by atoms with Crippen molar-refractivity contribution < 1.29 is 9.84 Å². The van der Waals surface area contributed by atoms with E-state index in [4.69, 9.17) is 14.8 Å². The van der Waals surface area contributed by atoms with Crippen LogP contribution in [0.3, 0.4) is 0 Å². The topological polar surface area (TPSA) is 86.3 Å². The molecule has 200 valence electrons. The van der Waals surface area contributed by atoms with E-state index in [9.17, 15) is 5.11 Å². The fourth-order valence-electron chi connectivity index (χ4n) is 5.79. The molecule has 7 nitrogen and oxygen atoms in total. The maximum atomic E-state index is 10.2. The monoisotopic (exact) mass is 513 g/mol. The highest BCUT2D eigenvalue weighted by Gasteiger charge is 2.21. The average molecular weight is 514 g/mol. The van der Waals surface area contributed by atoms with Crippen molar-refractivity contribution in [2.24, 2.45) is 0 Å². The van der Waals surface area contributed by atoms with Gasteiger partial charge in [0.05, 0.1) is 23.4 Å². The SMILES string of the molecule is CC(C)(O)CNc1ccc2cc(-c3n[nH]c4ccc(C5CCCOC5)cc34)nc(N3CCCCCC3)c2c1. The molecule has 0 aliphatic carbocycles. The van der Waals surface area contributed by atoms with Crippen molar-refractivity contribution >= 4 is 33.2 Å². The molecule has 0 bridgehead atoms. The second-order valence-corrected chi connectivity index (χ2v) is 11.6. The Kier molecular flexibility index (Phi) is 6.97. The van der Waals surface area contributed by atoms with Crippen LogP contribution in [0.15, 0.2) is 42.5 Å². The van der Waals surface area contributed by atoms with Crippen molar-refractivity contribution in [3.63, 3.8) is 0 Å². The van der Waals surface area contributed by atoms with Gasteiger partial charge in [-0.3, -0.25) is 5.10 Å². The van der Waals surface area contributed by atoms with Gasteiger partial charge in [0.2, 0.25) is 0 Å². The van der Waals surface area contributed by atoms with Crippen LogP contribution in [-0.2, 0) is 4.74 Å². The molecule has 2 aromatic heterocycles. The summed E-state index contributed by atoms with van der Waals surface area (Å²) < 4.78 is 5.77. The number of hydrogen-bond acceptors (Lipinski definition) is 6. The Balaban J connectivity index is 1.44. The van der Waals surface area contributed by atoms with Crippen LogP contribution in [0.4, 0.5) is 11.5 Å². The van der Waals surface area contributed by atoms with Crippen LogP contribution in [0, 0.1) is 0 Å². The number of nitrogens with one attached hydrogen (secondary N) is 2. The first kappa shape index (κ1) is 25.1. The summed E-state index contributed by atoms with van der Waals surface area (Å²) in [4.78, 5) is 7.75. The fourth-order valence-corrected chi connectivity index (χ4v) is 5.79. The Bertz CT molecular complexity index is 1410. The third-order valence-electron chi connectivity index (χ3n) is 7.90. The van der Waals surface area contributed by atoms with Crippen molar-refractivity contribution in [2.45, 2.75) is 63.9 Å². The molecule has 0 spiro atoms. The standard InChI is InChI=1S/C31H39N5O2/c1-31(2,37)20-32-24-11-9-22-17-28(33-30(25(22)18-24)36-13-5-3-4-6-14-36)29-26-16-21(10-12-27(26)34-35-29)23-8-7-15-38-19-23/h9-12,16-18,23,32,37H,3-8,13-15,19-20H2,1-2H3,(H,34,35). The maximum absolute atomic E-state index is 10.2. The Morgan fingerprint density at radius 2 is 1.87 bits per heavy atom. The summed E-state index contributed by atoms with van der Waals surface area (Å²) in [5.41, 5.74) is 4.36. The fraction of sp³-hybridized carbons (Fsp3) is 0.484. The van der Waals surface area contributed by atoms with Gasteiger partial charge in [0, 0.05) is 48.6 Å². The van der Waals surface area contributed by atoms with Crippen molar-refractivity contribution in [3.8, 4) is 11.4 Å². The first-order valence-corrected chi connectivity index (χ1v) is 14.2. The van der Waals surface area contributed by atoms with Crippen LogP contribution in [0.1, 0.15) is 63.9 Å². The maximum Gasteiger partial charge on any atom is 0.137 e. The lowest BCUT2D eigenvalue weighted by Gasteiger charge is -2.24. The summed E-state index contributed by atoms with van der Waals surface area (Å²) in [6.07, 6.45) is 7.17. The molecule has 38 heavy (non-hydrogen) atoms. The molecule has 6 rings (SSSR count). The van der Waals surface area contributed by atoms with Gasteiger partial charge < -0.3 is 20.1 Å². The third-order valence-corrected chi connectivity index (χ3v) is 7.90. The predicted octanol–water partition coefficient (Wildman–Crippen LogP) is 6.24. The van der Waals surface area contributed by atoms with Crippen molar-refractivity contribution in [2.75, 3.05) is 43.1 Å². The number of aliphatic hydroxyl groups is 1. The van der Waals surface area contributed by atoms with Gasteiger partial charge >= 0.3 is 0 Å². The Morgan fingerprint density at radius 1 is 1.03 bits per heavy atom. The van der Waals surface area contributed by atoms with E-state index < -0.39 is 5.60 Å². The van der Waals surface area contributed by atoms with Gasteiger partial charge in [-0.25, -0.2) is 4.98 Å². The molecule has 2 fully saturated rings. The van der Waals surface area contributed by atoms with Gasteiger partial charge in [-0.2, -0.15) is 5.10 Å². The van der Waals surface area contributed by atoms with Crippen LogP contribution in [0.25, 0.3) is 33.1 Å².